The zero-order chi connectivity index (χ0) is 48.7. The van der Waals surface area contributed by atoms with Crippen LogP contribution in [0, 0.1) is 5.92 Å². The Morgan fingerprint density at radius 2 is 1.46 bits per heavy atom. The van der Waals surface area contributed by atoms with Crippen LogP contribution in [0.1, 0.15) is 138 Å². The van der Waals surface area contributed by atoms with Gasteiger partial charge in [-0.2, -0.15) is 0 Å². The molecule has 0 bridgehead atoms. The number of fused-ring (bicyclic) bond motifs is 1. The van der Waals surface area contributed by atoms with Crippen molar-refractivity contribution in [1.82, 2.24) is 0 Å². The molecule has 3 heterocycles. The summed E-state index contributed by atoms with van der Waals surface area (Å²) in [6.07, 6.45) is 13.6. The van der Waals surface area contributed by atoms with E-state index in [9.17, 15) is 4.79 Å². The molecule has 0 aliphatic carbocycles. The van der Waals surface area contributed by atoms with Gasteiger partial charge in [-0.1, -0.05) is 112 Å². The van der Waals surface area contributed by atoms with Gasteiger partial charge in [-0.25, -0.2) is 0 Å². The number of hydrogen-bond acceptors (Lipinski definition) is 8. The predicted octanol–water partition coefficient (Wildman–Crippen LogP) is 13.1. The first kappa shape index (κ1) is 55.1. The number of unbranched alkanes of at least 4 members (excludes halogenated alkanes) is 3. The molecule has 68 heavy (non-hydrogen) atoms. The van der Waals surface area contributed by atoms with Gasteiger partial charge >= 0.3 is 253 Å². The van der Waals surface area contributed by atoms with E-state index in [4.69, 9.17) is 44.4 Å². The molecule has 3 aliphatic rings. The van der Waals surface area contributed by atoms with Crippen LogP contribution in [0.5, 0.6) is 0 Å². The molecule has 0 spiro atoms. The van der Waals surface area contributed by atoms with Gasteiger partial charge in [0, 0.05) is 5.56 Å². The molecule has 3 aromatic carbocycles. The molecule has 6 rings (SSSR count). The molecule has 8 nitrogen and oxygen atoms in total. The first-order chi connectivity index (χ1) is 32.7. The van der Waals surface area contributed by atoms with E-state index in [2.05, 4.69) is 122 Å². The number of hydrogen-bond donors (Lipinski definition) is 0. The molecule has 0 aromatic heterocycles. The topological polar surface area (TPSA) is 81.7 Å². The summed E-state index contributed by atoms with van der Waals surface area (Å²) in [6, 6.07) is 31.6. The van der Waals surface area contributed by atoms with Crippen molar-refractivity contribution in [1.29, 1.82) is 0 Å². The Morgan fingerprint density at radius 3 is 2.01 bits per heavy atom. The zero-order valence-corrected chi connectivity index (χ0v) is 47.5. The second-order valence-electron chi connectivity index (χ2n) is 21.5. The van der Waals surface area contributed by atoms with E-state index in [1.165, 1.54) is 66.6 Å². The number of benzene rings is 3. The molecule has 0 amide bonds. The minimum atomic E-state index is -2.89. The summed E-state index contributed by atoms with van der Waals surface area (Å²) in [6.45, 7) is 19.6. The fourth-order valence-corrected chi connectivity index (χ4v) is 31.3. The number of alkyl halides is 1. The Balaban J connectivity index is 1.31. The molecule has 11 heteroatoms. The third-order valence-corrected chi connectivity index (χ3v) is 35.9. The molecule has 0 radical (unpaired) electrons. The van der Waals surface area contributed by atoms with Crippen LogP contribution in [0.15, 0.2) is 103 Å². The number of rotatable bonds is 25. The van der Waals surface area contributed by atoms with Gasteiger partial charge in [0.25, 0.3) is 8.32 Å². The maximum atomic E-state index is 13.5. The number of halogens is 1. The van der Waals surface area contributed by atoms with Crippen molar-refractivity contribution in [2.45, 2.75) is 191 Å². The summed E-state index contributed by atoms with van der Waals surface area (Å²) < 4.78 is 53.9. The molecule has 0 N–H and O–H groups in total. The van der Waals surface area contributed by atoms with Crippen LogP contribution >= 0.6 is 11.6 Å². The molecule has 8 atom stereocenters. The van der Waals surface area contributed by atoms with Crippen molar-refractivity contribution in [3.63, 3.8) is 0 Å². The predicted molar refractivity (Wildman–Crippen MR) is 282 cm³/mol. The Morgan fingerprint density at radius 1 is 0.868 bits per heavy atom. The third-order valence-electron chi connectivity index (χ3n) is 15.4. The van der Waals surface area contributed by atoms with Gasteiger partial charge in [0.1, 0.15) is 0 Å². The SMILES string of the molecule is CCC[CH2][Sn]([CH2]/C=C\O[C@H]1CCCO[C@@H]1CC(OC(=O)CCl)[C@@H]1CC2O[C@H](c3ccccc3)OC[C@@]2(C)O[C@@]1(C)CCO[Si](c1ccccc1)(c1ccccc1)C(C)(C)C)([CH2]CCC)[CH2]CCC. The van der Waals surface area contributed by atoms with Crippen molar-refractivity contribution in [2.75, 3.05) is 25.7 Å². The van der Waals surface area contributed by atoms with Crippen LogP contribution in [0.2, 0.25) is 22.8 Å². The monoisotopic (exact) mass is 1080 g/mol. The van der Waals surface area contributed by atoms with Crippen LogP contribution in [0.25, 0.3) is 0 Å². The average Bonchev–Trinajstić information content (AvgIpc) is 3.34. The van der Waals surface area contributed by atoms with Crippen LogP contribution in [-0.2, 0) is 37.6 Å². The molecular formula is C57H85ClO8SiSn. The Hall–Kier alpha value is -2.22. The number of carbonyl (C=O) groups excluding carboxylic acids is 1. The van der Waals surface area contributed by atoms with Crippen LogP contribution < -0.4 is 10.4 Å². The standard InChI is InChI=1S/C45H58ClO8Si.3C4H9.Sn/c1-7-26-48-37-24-17-27-49-39(37)30-38(52-41(47)31-46)36-29-40-45(6,32-50-42(53-40)33-18-11-8-12-19-33)54-44(36,5)25-28-51-55(43(2,3)4,34-20-13-9-14-21-34)35-22-15-10-16-23-35;3*1-3-4-2;/h7-16,18-23,26,36-40,42H,1,17,24-25,27-32H2,2-6H3;3*1,3-4H2,2H3;/b26-7-;;;;/t36-,37-,38?,39+,40?,42+,44-,45+;;;;/m0..../s1. The second kappa shape index (κ2) is 25.9. The fourth-order valence-electron chi connectivity index (χ4n) is 11.6. The van der Waals surface area contributed by atoms with E-state index >= 15 is 0 Å². The van der Waals surface area contributed by atoms with Crippen molar-refractivity contribution in [3.05, 3.63) is 109 Å². The van der Waals surface area contributed by atoms with Gasteiger partial charge in [-0.3, -0.25) is 0 Å². The van der Waals surface area contributed by atoms with Crippen molar-refractivity contribution >= 4 is 54.6 Å². The first-order valence-corrected chi connectivity index (χ1v) is 36.7. The van der Waals surface area contributed by atoms with Crippen molar-refractivity contribution in [2.24, 2.45) is 5.92 Å². The Bertz CT molecular complexity index is 1910. The first-order valence-electron chi connectivity index (χ1n) is 26.2. The summed E-state index contributed by atoms with van der Waals surface area (Å²) in [5.74, 6) is -1.03. The van der Waals surface area contributed by atoms with Gasteiger partial charge in [0.05, 0.1) is 6.61 Å². The summed E-state index contributed by atoms with van der Waals surface area (Å²) in [7, 11) is -2.89. The van der Waals surface area contributed by atoms with Gasteiger partial charge in [0.15, 0.2) is 6.29 Å². The Labute approximate surface area is 420 Å². The van der Waals surface area contributed by atoms with Gasteiger partial charge in [-0.05, 0) is 22.3 Å². The summed E-state index contributed by atoms with van der Waals surface area (Å²) in [5.41, 5.74) is -0.663. The van der Waals surface area contributed by atoms with Gasteiger partial charge in [0.2, 0.25) is 0 Å². The van der Waals surface area contributed by atoms with Gasteiger partial charge < -0.3 is 9.16 Å². The molecule has 3 aromatic rings. The summed E-state index contributed by atoms with van der Waals surface area (Å²) in [4.78, 5) is 13.5. The van der Waals surface area contributed by atoms with Crippen molar-refractivity contribution in [3.8, 4) is 0 Å². The van der Waals surface area contributed by atoms with E-state index in [-0.39, 0.29) is 35.1 Å². The molecule has 376 valence electrons. The van der Waals surface area contributed by atoms with E-state index in [0.29, 0.717) is 39.1 Å². The molecule has 0 saturated carbocycles. The second-order valence-corrected chi connectivity index (χ2v) is 40.1. The normalized spacial score (nSPS) is 26.3. The van der Waals surface area contributed by atoms with E-state index in [1.807, 2.05) is 36.6 Å². The molecule has 3 fully saturated rings. The van der Waals surface area contributed by atoms with Crippen LogP contribution in [0.3, 0.4) is 0 Å². The van der Waals surface area contributed by atoms with E-state index < -0.39 is 56.3 Å². The quantitative estimate of drug-likeness (QED) is 0.0359. The molecular weight excluding hydrogens is 995 g/mol. The zero-order valence-electron chi connectivity index (χ0n) is 42.9. The van der Waals surface area contributed by atoms with Crippen molar-refractivity contribution < 1.29 is 37.6 Å². The van der Waals surface area contributed by atoms with Gasteiger partial charge in [-0.15, -0.1) is 0 Å². The summed E-state index contributed by atoms with van der Waals surface area (Å²) in [5, 5.41) is 2.24. The third kappa shape index (κ3) is 13.8. The minimum absolute atomic E-state index is 0.176. The number of esters is 1. The molecule has 2 unspecified atom stereocenters. The van der Waals surface area contributed by atoms with Crippen LogP contribution in [-0.4, -0.2) is 94.0 Å². The Kier molecular flexibility index (Phi) is 21.0. The number of ether oxygens (including phenoxy) is 6. The van der Waals surface area contributed by atoms with Crippen LogP contribution in [0.4, 0.5) is 0 Å². The fraction of sp³-hybridized carbons (Fsp3) is 0.632. The van der Waals surface area contributed by atoms with E-state index in [0.717, 1.165) is 18.4 Å². The molecule has 3 saturated heterocycles. The average molecular weight is 1080 g/mol. The van der Waals surface area contributed by atoms with E-state index in [1.54, 1.807) is 0 Å². The summed E-state index contributed by atoms with van der Waals surface area (Å²) >= 11 is 3.89. The maximum absolute atomic E-state index is 13.5. The molecule has 3 aliphatic heterocycles. The number of carbonyl (C=O) groups is 1. The number of allylic oxidation sites excluding steroid dienone is 1.